The first kappa shape index (κ1) is 15.3. The summed E-state index contributed by atoms with van der Waals surface area (Å²) in [6.07, 6.45) is 0. The van der Waals surface area contributed by atoms with Crippen molar-refractivity contribution in [2.45, 2.75) is 13.0 Å². The van der Waals surface area contributed by atoms with Crippen molar-refractivity contribution in [1.82, 2.24) is 5.32 Å². The standard InChI is InChI=1S/C5H9NO3S.CH2Cl2/c1-3(7)6-4(2-10)5(8)9;2-1-3/h4,10H,2H2,1H3,(H,6,7)(H,8,9);1H2/t4-;/m0./s1. The zero-order chi connectivity index (χ0) is 10.9. The number of nitrogens with one attached hydrogen (secondary N) is 1. The Hall–Kier alpha value is -0.130. The van der Waals surface area contributed by atoms with Gasteiger partial charge in [0.25, 0.3) is 0 Å². The zero-order valence-corrected chi connectivity index (χ0v) is 9.36. The van der Waals surface area contributed by atoms with Crippen molar-refractivity contribution in [1.29, 1.82) is 0 Å². The monoisotopic (exact) mass is 247 g/mol. The highest BCUT2D eigenvalue weighted by Gasteiger charge is 2.14. The molecule has 0 bridgehead atoms. The topological polar surface area (TPSA) is 66.4 Å². The van der Waals surface area contributed by atoms with Crippen LogP contribution >= 0.6 is 35.8 Å². The van der Waals surface area contributed by atoms with Gasteiger partial charge in [-0.05, 0) is 0 Å². The average molecular weight is 248 g/mol. The summed E-state index contributed by atoms with van der Waals surface area (Å²) >= 11 is 13.3. The second-order valence-corrected chi connectivity index (χ2v) is 3.05. The molecule has 0 aliphatic heterocycles. The van der Waals surface area contributed by atoms with Crippen molar-refractivity contribution in [3.8, 4) is 0 Å². The molecule has 0 spiro atoms. The predicted molar refractivity (Wildman–Crippen MR) is 55.7 cm³/mol. The minimum Gasteiger partial charge on any atom is -0.480 e. The molecule has 0 aromatic carbocycles. The molecule has 0 fully saturated rings. The number of thiol groups is 1. The Morgan fingerprint density at radius 3 is 2.00 bits per heavy atom. The molecular weight excluding hydrogens is 237 g/mol. The van der Waals surface area contributed by atoms with Crippen LogP contribution in [0.25, 0.3) is 0 Å². The number of halogens is 2. The molecular formula is C6H11Cl2NO3S. The summed E-state index contributed by atoms with van der Waals surface area (Å²) in [6, 6.07) is -0.874. The number of hydrogen-bond acceptors (Lipinski definition) is 3. The molecule has 7 heteroatoms. The molecule has 0 heterocycles. The maximum Gasteiger partial charge on any atom is 0.327 e. The number of carbonyl (C=O) groups excluding carboxylic acids is 1. The fourth-order valence-corrected chi connectivity index (χ4v) is 0.678. The van der Waals surface area contributed by atoms with Crippen LogP contribution in [0.15, 0.2) is 0 Å². The highest BCUT2D eigenvalue weighted by Crippen LogP contribution is 1.86. The van der Waals surface area contributed by atoms with E-state index < -0.39 is 12.0 Å². The van der Waals surface area contributed by atoms with E-state index in [2.05, 4.69) is 17.9 Å². The normalized spacial score (nSPS) is 10.8. The van der Waals surface area contributed by atoms with Crippen LogP contribution in [-0.2, 0) is 9.59 Å². The number of alkyl halides is 2. The number of carboxylic acids is 1. The Balaban J connectivity index is 0. The minimum atomic E-state index is -1.06. The molecule has 1 amide bonds. The summed E-state index contributed by atoms with van der Waals surface area (Å²) in [5, 5.41) is 10.8. The van der Waals surface area contributed by atoms with Crippen molar-refractivity contribution in [3.63, 3.8) is 0 Å². The van der Waals surface area contributed by atoms with E-state index in [-0.39, 0.29) is 17.0 Å². The zero-order valence-electron chi connectivity index (χ0n) is 6.96. The van der Waals surface area contributed by atoms with Crippen LogP contribution < -0.4 is 5.32 Å². The lowest BCUT2D eigenvalue weighted by Gasteiger charge is -2.08. The van der Waals surface area contributed by atoms with Crippen LogP contribution in [0, 0.1) is 0 Å². The fraction of sp³-hybridized carbons (Fsp3) is 0.667. The third-order valence-corrected chi connectivity index (χ3v) is 1.22. The molecule has 0 radical (unpaired) electrons. The van der Waals surface area contributed by atoms with Gasteiger partial charge >= 0.3 is 5.97 Å². The van der Waals surface area contributed by atoms with Crippen LogP contribution in [-0.4, -0.2) is 34.1 Å². The second kappa shape index (κ2) is 9.95. The van der Waals surface area contributed by atoms with E-state index in [4.69, 9.17) is 28.3 Å². The molecule has 0 rings (SSSR count). The van der Waals surface area contributed by atoms with Gasteiger partial charge in [0.05, 0.1) is 5.34 Å². The lowest BCUT2D eigenvalue weighted by Crippen LogP contribution is -2.40. The van der Waals surface area contributed by atoms with Gasteiger partial charge in [-0.2, -0.15) is 12.6 Å². The molecule has 2 N–H and O–H groups in total. The highest BCUT2D eigenvalue weighted by molar-refractivity contribution is 7.80. The molecule has 0 aromatic heterocycles. The number of amides is 1. The Morgan fingerprint density at radius 1 is 1.54 bits per heavy atom. The van der Waals surface area contributed by atoms with Gasteiger partial charge in [-0.3, -0.25) is 4.79 Å². The first-order valence-corrected chi connectivity index (χ1v) is 4.92. The predicted octanol–water partition coefficient (Wildman–Crippen LogP) is 0.927. The summed E-state index contributed by atoms with van der Waals surface area (Å²) < 4.78 is 0. The summed E-state index contributed by atoms with van der Waals surface area (Å²) in [7, 11) is 0. The fourth-order valence-electron chi connectivity index (χ4n) is 0.431. The van der Waals surface area contributed by atoms with Crippen LogP contribution in [0.1, 0.15) is 6.92 Å². The van der Waals surface area contributed by atoms with E-state index in [0.717, 1.165) is 0 Å². The Labute approximate surface area is 92.0 Å². The van der Waals surface area contributed by atoms with Gasteiger partial charge in [-0.1, -0.05) is 0 Å². The molecule has 4 nitrogen and oxygen atoms in total. The summed E-state index contributed by atoms with van der Waals surface area (Å²) in [4.78, 5) is 20.5. The van der Waals surface area contributed by atoms with E-state index in [1.54, 1.807) is 0 Å². The van der Waals surface area contributed by atoms with E-state index in [0.29, 0.717) is 0 Å². The van der Waals surface area contributed by atoms with E-state index in [1.807, 2.05) is 0 Å². The van der Waals surface area contributed by atoms with Crippen LogP contribution in [0.3, 0.4) is 0 Å². The largest absolute Gasteiger partial charge is 0.480 e. The molecule has 0 aliphatic carbocycles. The van der Waals surface area contributed by atoms with Gasteiger partial charge in [0.15, 0.2) is 0 Å². The van der Waals surface area contributed by atoms with Crippen molar-refractivity contribution < 1.29 is 14.7 Å². The van der Waals surface area contributed by atoms with Crippen molar-refractivity contribution in [2.75, 3.05) is 11.1 Å². The molecule has 0 saturated carbocycles. The molecule has 13 heavy (non-hydrogen) atoms. The minimum absolute atomic E-state index is 0.106. The number of aliphatic carboxylic acids is 1. The quantitative estimate of drug-likeness (QED) is 0.514. The third kappa shape index (κ3) is 11.9. The van der Waals surface area contributed by atoms with E-state index in [1.165, 1.54) is 6.92 Å². The Bertz CT molecular complexity index is 168. The van der Waals surface area contributed by atoms with Crippen LogP contribution in [0.2, 0.25) is 0 Å². The Kier molecular flexibility index (Phi) is 11.8. The van der Waals surface area contributed by atoms with Crippen LogP contribution in [0.5, 0.6) is 0 Å². The van der Waals surface area contributed by atoms with E-state index in [9.17, 15) is 9.59 Å². The molecule has 0 saturated heterocycles. The molecule has 1 atom stereocenters. The average Bonchev–Trinajstić information content (AvgIpc) is 2.00. The van der Waals surface area contributed by atoms with Crippen molar-refractivity contribution in [2.24, 2.45) is 0 Å². The third-order valence-electron chi connectivity index (χ3n) is 0.858. The van der Waals surface area contributed by atoms with Gasteiger partial charge in [0.1, 0.15) is 6.04 Å². The first-order chi connectivity index (χ1) is 5.99. The van der Waals surface area contributed by atoms with Gasteiger partial charge in [-0.15, -0.1) is 23.2 Å². The number of rotatable bonds is 3. The number of carboxylic acid groups (broad SMARTS) is 1. The van der Waals surface area contributed by atoms with Gasteiger partial charge in [-0.25, -0.2) is 4.79 Å². The second-order valence-electron chi connectivity index (χ2n) is 1.87. The molecule has 0 aromatic rings. The lowest BCUT2D eigenvalue weighted by molar-refractivity contribution is -0.140. The summed E-state index contributed by atoms with van der Waals surface area (Å²) in [5.74, 6) is -1.32. The SMILES string of the molecule is CC(=O)N[C@@H](CS)C(=O)O.ClCCl. The smallest absolute Gasteiger partial charge is 0.327 e. The maximum absolute atomic E-state index is 10.3. The van der Waals surface area contributed by atoms with Gasteiger partial charge < -0.3 is 10.4 Å². The molecule has 78 valence electrons. The number of hydrogen-bond donors (Lipinski definition) is 3. The highest BCUT2D eigenvalue weighted by atomic mass is 35.5. The summed E-state index contributed by atoms with van der Waals surface area (Å²) in [6.45, 7) is 1.26. The molecule has 0 unspecified atom stereocenters. The molecule has 0 aliphatic rings. The van der Waals surface area contributed by atoms with Crippen molar-refractivity contribution in [3.05, 3.63) is 0 Å². The van der Waals surface area contributed by atoms with Crippen molar-refractivity contribution >= 4 is 47.7 Å². The van der Waals surface area contributed by atoms with Crippen LogP contribution in [0.4, 0.5) is 0 Å². The lowest BCUT2D eigenvalue weighted by atomic mass is 10.3. The first-order valence-electron chi connectivity index (χ1n) is 3.22. The maximum atomic E-state index is 10.3. The Morgan fingerprint density at radius 2 is 1.92 bits per heavy atom. The summed E-state index contributed by atoms with van der Waals surface area (Å²) in [5.41, 5.74) is 0. The van der Waals surface area contributed by atoms with Gasteiger partial charge in [0.2, 0.25) is 5.91 Å². The van der Waals surface area contributed by atoms with Gasteiger partial charge in [0, 0.05) is 12.7 Å². The number of carbonyl (C=O) groups is 2. The van der Waals surface area contributed by atoms with E-state index >= 15 is 0 Å².